The van der Waals surface area contributed by atoms with Crippen molar-refractivity contribution in [2.24, 2.45) is 0 Å². The molecule has 1 aromatic heterocycles. The molecule has 96 valence electrons. The van der Waals surface area contributed by atoms with Crippen LogP contribution in [0.2, 0.25) is 0 Å². The maximum Gasteiger partial charge on any atom is 0.0332 e. The van der Waals surface area contributed by atoms with Crippen molar-refractivity contribution in [1.29, 1.82) is 0 Å². The van der Waals surface area contributed by atoms with Crippen LogP contribution in [0.5, 0.6) is 0 Å². The minimum Gasteiger partial charge on any atom is -0.313 e. The van der Waals surface area contributed by atoms with E-state index in [1.54, 1.807) is 0 Å². The van der Waals surface area contributed by atoms with E-state index >= 15 is 0 Å². The van der Waals surface area contributed by atoms with Gasteiger partial charge in [-0.25, -0.2) is 0 Å². The smallest absolute Gasteiger partial charge is 0.0332 e. The van der Waals surface area contributed by atoms with E-state index in [-0.39, 0.29) is 0 Å². The molecule has 1 nitrogen and oxygen atoms in total. The second-order valence-electron chi connectivity index (χ2n) is 4.44. The molecule has 1 N–H and O–H groups in total. The largest absolute Gasteiger partial charge is 0.313 e. The van der Waals surface area contributed by atoms with Crippen LogP contribution in [-0.4, -0.2) is 7.05 Å². The van der Waals surface area contributed by atoms with E-state index in [9.17, 15) is 0 Å². The Morgan fingerprint density at radius 1 is 1.28 bits per heavy atom. The van der Waals surface area contributed by atoms with Gasteiger partial charge in [0.15, 0.2) is 0 Å². The standard InChI is InChI=1S/C15H18BrNS/c1-11-5-3-7-13(15(11)16)14(17-2)9-8-12-6-4-10-18-12/h3-7,10,14,17H,8-9H2,1-2H3. The summed E-state index contributed by atoms with van der Waals surface area (Å²) in [7, 11) is 2.04. The second-order valence-corrected chi connectivity index (χ2v) is 6.26. The number of thiophene rings is 1. The molecule has 2 aromatic rings. The Kier molecular flexibility index (Phi) is 4.98. The number of benzene rings is 1. The molecule has 0 aliphatic carbocycles. The lowest BCUT2D eigenvalue weighted by molar-refractivity contribution is 0.549. The molecule has 0 bridgehead atoms. The molecule has 1 heterocycles. The molecule has 0 radical (unpaired) electrons. The van der Waals surface area contributed by atoms with Crippen LogP contribution in [0, 0.1) is 6.92 Å². The minimum atomic E-state index is 0.404. The van der Waals surface area contributed by atoms with Crippen LogP contribution >= 0.6 is 27.3 Å². The summed E-state index contributed by atoms with van der Waals surface area (Å²) in [4.78, 5) is 1.46. The van der Waals surface area contributed by atoms with Gasteiger partial charge in [0, 0.05) is 15.4 Å². The Hall–Kier alpha value is -0.640. The Labute approximate surface area is 121 Å². The highest BCUT2D eigenvalue weighted by Gasteiger charge is 2.13. The molecule has 0 aliphatic rings. The summed E-state index contributed by atoms with van der Waals surface area (Å²) in [6.07, 6.45) is 2.25. The Morgan fingerprint density at radius 2 is 2.11 bits per heavy atom. The summed E-state index contributed by atoms with van der Waals surface area (Å²) in [6.45, 7) is 2.14. The zero-order valence-corrected chi connectivity index (χ0v) is 13.1. The average Bonchev–Trinajstić information content (AvgIpc) is 2.88. The number of nitrogens with one attached hydrogen (secondary N) is 1. The zero-order valence-electron chi connectivity index (χ0n) is 10.7. The molecule has 0 fully saturated rings. The van der Waals surface area contributed by atoms with Crippen LogP contribution in [0.15, 0.2) is 40.2 Å². The first-order chi connectivity index (χ1) is 8.72. The van der Waals surface area contributed by atoms with Gasteiger partial charge in [-0.3, -0.25) is 0 Å². The van der Waals surface area contributed by atoms with Crippen molar-refractivity contribution >= 4 is 27.3 Å². The molecule has 0 saturated heterocycles. The molecule has 0 saturated carbocycles. The van der Waals surface area contributed by atoms with Gasteiger partial charge in [0.2, 0.25) is 0 Å². The van der Waals surface area contributed by atoms with E-state index in [0.29, 0.717) is 6.04 Å². The van der Waals surface area contributed by atoms with Crippen molar-refractivity contribution in [2.75, 3.05) is 7.05 Å². The van der Waals surface area contributed by atoms with Crippen LogP contribution in [0.1, 0.15) is 28.5 Å². The molecule has 0 aliphatic heterocycles. The molecular weight excluding hydrogens is 306 g/mol. The lowest BCUT2D eigenvalue weighted by Gasteiger charge is -2.19. The zero-order chi connectivity index (χ0) is 13.0. The number of hydrogen-bond donors (Lipinski definition) is 1. The predicted molar refractivity (Wildman–Crippen MR) is 83.3 cm³/mol. The van der Waals surface area contributed by atoms with Crippen LogP contribution in [0.3, 0.4) is 0 Å². The summed E-state index contributed by atoms with van der Waals surface area (Å²) in [5.41, 5.74) is 2.65. The van der Waals surface area contributed by atoms with Crippen molar-refractivity contribution in [2.45, 2.75) is 25.8 Å². The fourth-order valence-corrected chi connectivity index (χ4v) is 3.40. The first-order valence-corrected chi connectivity index (χ1v) is 7.84. The van der Waals surface area contributed by atoms with E-state index in [1.165, 1.54) is 20.5 Å². The van der Waals surface area contributed by atoms with Crippen molar-refractivity contribution in [3.05, 3.63) is 56.2 Å². The lowest BCUT2D eigenvalue weighted by atomic mass is 10.00. The van der Waals surface area contributed by atoms with Gasteiger partial charge in [-0.15, -0.1) is 11.3 Å². The topological polar surface area (TPSA) is 12.0 Å². The van der Waals surface area contributed by atoms with Crippen molar-refractivity contribution in [3.63, 3.8) is 0 Å². The molecule has 2 rings (SSSR count). The average molecular weight is 324 g/mol. The van der Waals surface area contributed by atoms with Crippen LogP contribution in [-0.2, 0) is 6.42 Å². The van der Waals surface area contributed by atoms with Gasteiger partial charge in [0.25, 0.3) is 0 Å². The molecule has 3 heteroatoms. The predicted octanol–water partition coefficient (Wildman–Crippen LogP) is 4.71. The third-order valence-corrected chi connectivity index (χ3v) is 5.22. The van der Waals surface area contributed by atoms with Gasteiger partial charge in [0.05, 0.1) is 0 Å². The minimum absolute atomic E-state index is 0.404. The summed E-state index contributed by atoms with van der Waals surface area (Å²) < 4.78 is 1.23. The number of rotatable bonds is 5. The third kappa shape index (κ3) is 3.22. The molecule has 0 spiro atoms. The Morgan fingerprint density at radius 3 is 2.78 bits per heavy atom. The Bertz CT molecular complexity index is 493. The highest BCUT2D eigenvalue weighted by Crippen LogP contribution is 2.29. The fourth-order valence-electron chi connectivity index (χ4n) is 2.14. The van der Waals surface area contributed by atoms with E-state index in [1.807, 2.05) is 18.4 Å². The fraction of sp³-hybridized carbons (Fsp3) is 0.333. The first-order valence-electron chi connectivity index (χ1n) is 6.17. The maximum absolute atomic E-state index is 3.70. The van der Waals surface area contributed by atoms with Gasteiger partial charge in [0.1, 0.15) is 0 Å². The van der Waals surface area contributed by atoms with Crippen LogP contribution < -0.4 is 5.32 Å². The molecule has 18 heavy (non-hydrogen) atoms. The summed E-state index contributed by atoms with van der Waals surface area (Å²) in [5, 5.41) is 5.57. The van der Waals surface area contributed by atoms with E-state index in [0.717, 1.165) is 12.8 Å². The quantitative estimate of drug-likeness (QED) is 0.840. The van der Waals surface area contributed by atoms with Gasteiger partial charge in [-0.2, -0.15) is 0 Å². The van der Waals surface area contributed by atoms with Gasteiger partial charge in [-0.05, 0) is 49.4 Å². The summed E-state index contributed by atoms with van der Waals surface area (Å²) in [6, 6.07) is 11.2. The highest BCUT2D eigenvalue weighted by molar-refractivity contribution is 9.10. The van der Waals surface area contributed by atoms with Crippen molar-refractivity contribution in [3.8, 4) is 0 Å². The Balaban J connectivity index is 2.10. The van der Waals surface area contributed by atoms with E-state index < -0.39 is 0 Å². The van der Waals surface area contributed by atoms with Crippen molar-refractivity contribution < 1.29 is 0 Å². The van der Waals surface area contributed by atoms with Gasteiger partial charge in [-0.1, -0.05) is 40.2 Å². The molecule has 1 unspecified atom stereocenters. The van der Waals surface area contributed by atoms with Crippen molar-refractivity contribution in [1.82, 2.24) is 5.32 Å². The monoisotopic (exact) mass is 323 g/mol. The normalized spacial score (nSPS) is 12.6. The first kappa shape index (κ1) is 13.8. The molecule has 0 amide bonds. The number of hydrogen-bond acceptors (Lipinski definition) is 2. The second kappa shape index (κ2) is 6.50. The lowest BCUT2D eigenvalue weighted by Crippen LogP contribution is -2.17. The highest BCUT2D eigenvalue weighted by atomic mass is 79.9. The van der Waals surface area contributed by atoms with Gasteiger partial charge >= 0.3 is 0 Å². The van der Waals surface area contributed by atoms with E-state index in [4.69, 9.17) is 0 Å². The number of halogens is 1. The van der Waals surface area contributed by atoms with E-state index in [2.05, 4.69) is 63.9 Å². The third-order valence-electron chi connectivity index (χ3n) is 3.21. The number of aryl methyl sites for hydroxylation is 2. The molecule has 1 aromatic carbocycles. The maximum atomic E-state index is 3.70. The molecule has 1 atom stereocenters. The summed E-state index contributed by atoms with van der Waals surface area (Å²) >= 11 is 5.54. The molecular formula is C15H18BrNS. The summed E-state index contributed by atoms with van der Waals surface area (Å²) in [5.74, 6) is 0. The van der Waals surface area contributed by atoms with Crippen LogP contribution in [0.4, 0.5) is 0 Å². The SMILES string of the molecule is CNC(CCc1cccs1)c1cccc(C)c1Br. The van der Waals surface area contributed by atoms with Gasteiger partial charge < -0.3 is 5.32 Å². The van der Waals surface area contributed by atoms with Crippen LogP contribution in [0.25, 0.3) is 0 Å².